The van der Waals surface area contributed by atoms with E-state index in [1.165, 1.54) is 6.20 Å². The maximum atomic E-state index is 11.9. The van der Waals surface area contributed by atoms with Gasteiger partial charge in [-0.05, 0) is 24.3 Å². The van der Waals surface area contributed by atoms with Crippen LogP contribution in [0, 0.1) is 11.3 Å². The maximum absolute atomic E-state index is 11.9. The standard InChI is InChI=1S/C16H10N2O2/c17-9-11-10-18-15-8-13(6-7-14(15)16(11)19)20-12-4-2-1-3-5-12/h1-8,10H,(H,18,19). The van der Waals surface area contributed by atoms with Crippen LogP contribution in [-0.4, -0.2) is 4.98 Å². The first kappa shape index (κ1) is 12.0. The fraction of sp³-hybridized carbons (Fsp3) is 0. The van der Waals surface area contributed by atoms with Crippen molar-refractivity contribution in [1.82, 2.24) is 4.98 Å². The number of benzene rings is 2. The van der Waals surface area contributed by atoms with Gasteiger partial charge in [-0.25, -0.2) is 0 Å². The molecule has 0 atom stereocenters. The summed E-state index contributed by atoms with van der Waals surface area (Å²) in [5.41, 5.74) is 0.476. The van der Waals surface area contributed by atoms with Crippen LogP contribution in [-0.2, 0) is 0 Å². The lowest BCUT2D eigenvalue weighted by Gasteiger charge is -2.06. The quantitative estimate of drug-likeness (QED) is 0.771. The number of H-pyrrole nitrogens is 1. The molecular weight excluding hydrogens is 252 g/mol. The summed E-state index contributed by atoms with van der Waals surface area (Å²) in [7, 11) is 0. The fourth-order valence-electron chi connectivity index (χ4n) is 1.97. The Morgan fingerprint density at radius 3 is 2.60 bits per heavy atom. The van der Waals surface area contributed by atoms with E-state index in [1.54, 1.807) is 18.2 Å². The molecule has 0 saturated carbocycles. The van der Waals surface area contributed by atoms with Crippen LogP contribution in [0.5, 0.6) is 11.5 Å². The molecular formula is C16H10N2O2. The molecule has 0 bridgehead atoms. The lowest BCUT2D eigenvalue weighted by Crippen LogP contribution is -2.06. The van der Waals surface area contributed by atoms with Gasteiger partial charge in [0, 0.05) is 17.6 Å². The number of aromatic amines is 1. The minimum absolute atomic E-state index is 0.106. The zero-order valence-electron chi connectivity index (χ0n) is 10.5. The molecule has 96 valence electrons. The molecule has 0 aliphatic rings. The summed E-state index contributed by atoms with van der Waals surface area (Å²) in [6.45, 7) is 0. The summed E-state index contributed by atoms with van der Waals surface area (Å²) in [5, 5.41) is 9.31. The molecule has 0 aliphatic carbocycles. The average molecular weight is 262 g/mol. The summed E-state index contributed by atoms with van der Waals surface area (Å²) in [4.78, 5) is 14.9. The molecule has 4 nitrogen and oxygen atoms in total. The summed E-state index contributed by atoms with van der Waals surface area (Å²) < 4.78 is 5.70. The highest BCUT2D eigenvalue weighted by Gasteiger charge is 2.06. The number of nitriles is 1. The highest BCUT2D eigenvalue weighted by atomic mass is 16.5. The molecule has 3 rings (SSSR count). The van der Waals surface area contributed by atoms with Gasteiger partial charge in [-0.15, -0.1) is 0 Å². The number of nitrogens with one attached hydrogen (secondary N) is 1. The van der Waals surface area contributed by atoms with Crippen molar-refractivity contribution in [2.45, 2.75) is 0 Å². The Kier molecular flexibility index (Phi) is 2.94. The van der Waals surface area contributed by atoms with Gasteiger partial charge in [-0.3, -0.25) is 4.79 Å². The Morgan fingerprint density at radius 1 is 1.05 bits per heavy atom. The van der Waals surface area contributed by atoms with E-state index in [1.807, 2.05) is 36.4 Å². The largest absolute Gasteiger partial charge is 0.457 e. The van der Waals surface area contributed by atoms with Gasteiger partial charge in [0.15, 0.2) is 0 Å². The number of para-hydroxylation sites is 1. The Morgan fingerprint density at radius 2 is 1.85 bits per heavy atom. The van der Waals surface area contributed by atoms with Crippen LogP contribution < -0.4 is 10.2 Å². The number of fused-ring (bicyclic) bond motifs is 1. The van der Waals surface area contributed by atoms with Crippen molar-refractivity contribution in [2.75, 3.05) is 0 Å². The number of nitrogens with zero attached hydrogens (tertiary/aromatic N) is 1. The topological polar surface area (TPSA) is 65.9 Å². The fourth-order valence-corrected chi connectivity index (χ4v) is 1.97. The van der Waals surface area contributed by atoms with Crippen molar-refractivity contribution in [3.8, 4) is 17.6 Å². The third-order valence-electron chi connectivity index (χ3n) is 2.95. The SMILES string of the molecule is N#Cc1c[nH]c2cc(Oc3ccccc3)ccc2c1=O. The van der Waals surface area contributed by atoms with E-state index in [4.69, 9.17) is 10.00 Å². The van der Waals surface area contributed by atoms with E-state index >= 15 is 0 Å². The summed E-state index contributed by atoms with van der Waals surface area (Å²) in [5.74, 6) is 1.35. The molecule has 4 heteroatoms. The van der Waals surface area contributed by atoms with Crippen LogP contribution in [0.1, 0.15) is 5.56 Å². The number of ether oxygens (including phenoxy) is 1. The van der Waals surface area contributed by atoms with Crippen LogP contribution in [0.2, 0.25) is 0 Å². The second kappa shape index (κ2) is 4.90. The van der Waals surface area contributed by atoms with Crippen molar-refractivity contribution < 1.29 is 4.74 Å². The molecule has 0 saturated heterocycles. The molecule has 1 heterocycles. The van der Waals surface area contributed by atoms with Crippen molar-refractivity contribution in [3.05, 3.63) is 70.5 Å². The Hall–Kier alpha value is -3.06. The highest BCUT2D eigenvalue weighted by molar-refractivity contribution is 5.81. The van der Waals surface area contributed by atoms with E-state index in [-0.39, 0.29) is 11.0 Å². The van der Waals surface area contributed by atoms with E-state index < -0.39 is 0 Å². The molecule has 2 aromatic carbocycles. The highest BCUT2D eigenvalue weighted by Crippen LogP contribution is 2.23. The van der Waals surface area contributed by atoms with Crippen molar-refractivity contribution in [1.29, 1.82) is 5.26 Å². The van der Waals surface area contributed by atoms with Gasteiger partial charge in [0.25, 0.3) is 0 Å². The second-order valence-corrected chi connectivity index (χ2v) is 4.27. The van der Waals surface area contributed by atoms with Gasteiger partial charge in [-0.1, -0.05) is 18.2 Å². The first-order valence-electron chi connectivity index (χ1n) is 6.06. The van der Waals surface area contributed by atoms with Gasteiger partial charge in [0.05, 0.1) is 5.52 Å². The van der Waals surface area contributed by atoms with Gasteiger partial charge < -0.3 is 9.72 Å². The lowest BCUT2D eigenvalue weighted by atomic mass is 10.1. The zero-order chi connectivity index (χ0) is 13.9. The maximum Gasteiger partial charge on any atom is 0.207 e. The Labute approximate surface area is 114 Å². The van der Waals surface area contributed by atoms with Crippen LogP contribution >= 0.6 is 0 Å². The molecule has 1 aromatic heterocycles. The molecule has 0 fully saturated rings. The van der Waals surface area contributed by atoms with Crippen LogP contribution in [0.25, 0.3) is 10.9 Å². The van der Waals surface area contributed by atoms with Crippen molar-refractivity contribution in [3.63, 3.8) is 0 Å². The van der Waals surface area contributed by atoms with E-state index in [9.17, 15) is 4.79 Å². The normalized spacial score (nSPS) is 10.2. The molecule has 1 N–H and O–H groups in total. The number of hydrogen-bond donors (Lipinski definition) is 1. The van der Waals surface area contributed by atoms with Gasteiger partial charge in [0.1, 0.15) is 23.1 Å². The predicted molar refractivity (Wildman–Crippen MR) is 75.8 cm³/mol. The van der Waals surface area contributed by atoms with E-state index in [2.05, 4.69) is 4.98 Å². The predicted octanol–water partition coefficient (Wildman–Crippen LogP) is 3.19. The van der Waals surface area contributed by atoms with E-state index in [0.717, 1.165) is 5.75 Å². The minimum Gasteiger partial charge on any atom is -0.457 e. The van der Waals surface area contributed by atoms with Crippen LogP contribution in [0.4, 0.5) is 0 Å². The molecule has 3 aromatic rings. The Bertz CT molecular complexity index is 861. The van der Waals surface area contributed by atoms with Gasteiger partial charge in [0.2, 0.25) is 5.43 Å². The number of hydrogen-bond acceptors (Lipinski definition) is 3. The molecule has 0 unspecified atom stereocenters. The van der Waals surface area contributed by atoms with Crippen LogP contribution in [0.3, 0.4) is 0 Å². The molecule has 20 heavy (non-hydrogen) atoms. The van der Waals surface area contributed by atoms with Crippen molar-refractivity contribution >= 4 is 10.9 Å². The summed E-state index contributed by atoms with van der Waals surface area (Å²) >= 11 is 0. The van der Waals surface area contributed by atoms with Gasteiger partial charge >= 0.3 is 0 Å². The summed E-state index contributed by atoms with van der Waals surface area (Å²) in [6, 6.07) is 16.4. The third-order valence-corrected chi connectivity index (χ3v) is 2.95. The number of rotatable bonds is 2. The molecule has 0 aliphatic heterocycles. The summed E-state index contributed by atoms with van der Waals surface area (Å²) in [6.07, 6.45) is 1.41. The lowest BCUT2D eigenvalue weighted by molar-refractivity contribution is 0.483. The number of pyridine rings is 1. The minimum atomic E-state index is -0.271. The first-order chi connectivity index (χ1) is 9.78. The average Bonchev–Trinajstić information content (AvgIpc) is 2.49. The van der Waals surface area contributed by atoms with Gasteiger partial charge in [-0.2, -0.15) is 5.26 Å². The molecule has 0 spiro atoms. The molecule has 0 amide bonds. The molecule has 0 radical (unpaired) electrons. The first-order valence-corrected chi connectivity index (χ1v) is 6.06. The monoisotopic (exact) mass is 262 g/mol. The van der Waals surface area contributed by atoms with E-state index in [0.29, 0.717) is 16.7 Å². The number of aromatic nitrogens is 1. The van der Waals surface area contributed by atoms with Crippen molar-refractivity contribution in [2.24, 2.45) is 0 Å². The zero-order valence-corrected chi connectivity index (χ0v) is 10.5. The van der Waals surface area contributed by atoms with Crippen LogP contribution in [0.15, 0.2) is 59.5 Å². The smallest absolute Gasteiger partial charge is 0.207 e. The second-order valence-electron chi connectivity index (χ2n) is 4.27. The Balaban J connectivity index is 2.04. The third kappa shape index (κ3) is 2.13.